The van der Waals surface area contributed by atoms with E-state index in [-0.39, 0.29) is 5.43 Å². The monoisotopic (exact) mass is 226 g/mol. The maximum absolute atomic E-state index is 11.3. The van der Waals surface area contributed by atoms with Crippen molar-refractivity contribution in [3.63, 3.8) is 0 Å². The fourth-order valence-electron chi connectivity index (χ4n) is 1.69. The van der Waals surface area contributed by atoms with Gasteiger partial charge in [0.25, 0.3) is 0 Å². The van der Waals surface area contributed by atoms with Crippen LogP contribution in [0.5, 0.6) is 0 Å². The molecule has 0 saturated heterocycles. The van der Waals surface area contributed by atoms with Crippen LogP contribution in [0.25, 0.3) is 0 Å². The molecule has 0 aliphatic rings. The van der Waals surface area contributed by atoms with Crippen molar-refractivity contribution in [2.45, 2.75) is 26.2 Å². The average molecular weight is 226 g/mol. The first-order valence-electron chi connectivity index (χ1n) is 5.35. The number of nitrogens with one attached hydrogen (secondary N) is 1. The Morgan fingerprint density at radius 3 is 2.60 bits per heavy atom. The molecule has 3 nitrogen and oxygen atoms in total. The summed E-state index contributed by atoms with van der Waals surface area (Å²) in [6.45, 7) is 3.14. The number of hydrogen-bond donors (Lipinski definition) is 1. The van der Waals surface area contributed by atoms with Crippen LogP contribution in [-0.2, 0) is 0 Å². The fraction of sp³-hybridized carbons (Fsp3) is 0.636. The third-order valence-corrected chi connectivity index (χ3v) is 2.99. The summed E-state index contributed by atoms with van der Waals surface area (Å²) in [4.78, 5) is 13.4. The zero-order chi connectivity index (χ0) is 11.4. The van der Waals surface area contributed by atoms with Crippen molar-refractivity contribution in [3.05, 3.63) is 14.7 Å². The first-order valence-corrected chi connectivity index (χ1v) is 5.76. The second-order valence-corrected chi connectivity index (χ2v) is 4.17. The Morgan fingerprint density at radius 1 is 1.40 bits per heavy atom. The molecule has 4 heteroatoms. The van der Waals surface area contributed by atoms with Crippen LogP contribution in [0.4, 0.5) is 11.4 Å². The van der Waals surface area contributed by atoms with Gasteiger partial charge < -0.3 is 10.2 Å². The first kappa shape index (κ1) is 12.2. The van der Waals surface area contributed by atoms with Crippen LogP contribution in [0.2, 0.25) is 0 Å². The number of rotatable bonds is 6. The molecule has 0 aliphatic heterocycles. The van der Waals surface area contributed by atoms with Gasteiger partial charge in [-0.1, -0.05) is 32.0 Å². The molecule has 1 rings (SSSR count). The summed E-state index contributed by atoms with van der Waals surface area (Å²) in [6.07, 6.45) is 3.56. The van der Waals surface area contributed by atoms with Gasteiger partial charge in [-0.15, -0.1) is 0 Å². The Bertz CT molecular complexity index is 393. The van der Waals surface area contributed by atoms with Gasteiger partial charge in [0.05, 0.1) is 5.69 Å². The van der Waals surface area contributed by atoms with E-state index in [4.69, 9.17) is 12.2 Å². The molecule has 0 fully saturated rings. The van der Waals surface area contributed by atoms with Crippen molar-refractivity contribution < 1.29 is 0 Å². The first-order chi connectivity index (χ1) is 7.13. The predicted octanol–water partition coefficient (Wildman–Crippen LogP) is 2.32. The van der Waals surface area contributed by atoms with E-state index >= 15 is 0 Å². The zero-order valence-electron chi connectivity index (χ0n) is 9.59. The lowest BCUT2D eigenvalue weighted by atomic mass is 10.1. The highest BCUT2D eigenvalue weighted by atomic mass is 32.1. The van der Waals surface area contributed by atoms with Gasteiger partial charge in [-0.2, -0.15) is 0 Å². The lowest BCUT2D eigenvalue weighted by Crippen LogP contribution is -2.28. The molecule has 84 valence electrons. The van der Waals surface area contributed by atoms with Crippen LogP contribution in [-0.4, -0.2) is 20.6 Å². The SMILES string of the molecule is CCCCCN(C)c1c(NC)c(=O)c1=S. The Hall–Kier alpha value is -0.900. The zero-order valence-corrected chi connectivity index (χ0v) is 10.4. The van der Waals surface area contributed by atoms with Gasteiger partial charge in [-0.25, -0.2) is 0 Å². The van der Waals surface area contributed by atoms with Gasteiger partial charge in [0.15, 0.2) is 0 Å². The number of nitrogens with zero attached hydrogens (tertiary/aromatic N) is 1. The topological polar surface area (TPSA) is 32.3 Å². The summed E-state index contributed by atoms with van der Waals surface area (Å²) in [7, 11) is 3.75. The Morgan fingerprint density at radius 2 is 2.07 bits per heavy atom. The molecule has 0 atom stereocenters. The third kappa shape index (κ3) is 2.37. The minimum atomic E-state index is -0.0233. The number of anilines is 2. The molecular weight excluding hydrogens is 208 g/mol. The van der Waals surface area contributed by atoms with E-state index in [2.05, 4.69) is 17.1 Å². The fourth-order valence-corrected chi connectivity index (χ4v) is 2.05. The highest BCUT2D eigenvalue weighted by molar-refractivity contribution is 7.71. The van der Waals surface area contributed by atoms with Crippen LogP contribution in [0.3, 0.4) is 0 Å². The minimum Gasteiger partial charge on any atom is -0.383 e. The summed E-state index contributed by atoms with van der Waals surface area (Å²) in [5.74, 6) is 0. The van der Waals surface area contributed by atoms with E-state index in [0.29, 0.717) is 10.2 Å². The van der Waals surface area contributed by atoms with Crippen LogP contribution in [0.1, 0.15) is 26.2 Å². The number of unbranched alkanes of at least 4 members (excludes halogenated alkanes) is 2. The van der Waals surface area contributed by atoms with E-state index in [1.165, 1.54) is 12.8 Å². The van der Waals surface area contributed by atoms with Crippen LogP contribution in [0, 0.1) is 4.51 Å². The van der Waals surface area contributed by atoms with Gasteiger partial charge >= 0.3 is 0 Å². The maximum Gasteiger partial charge on any atom is 0.223 e. The molecule has 0 heterocycles. The lowest BCUT2D eigenvalue weighted by molar-refractivity contribution is 0.704. The smallest absolute Gasteiger partial charge is 0.223 e. The summed E-state index contributed by atoms with van der Waals surface area (Å²) in [6, 6.07) is 0. The van der Waals surface area contributed by atoms with Gasteiger partial charge in [-0.3, -0.25) is 4.79 Å². The molecule has 0 saturated carbocycles. The molecule has 0 radical (unpaired) electrons. The maximum atomic E-state index is 11.3. The second-order valence-electron chi connectivity index (χ2n) is 3.76. The minimum absolute atomic E-state index is 0.0233. The molecule has 0 aromatic heterocycles. The molecule has 0 unspecified atom stereocenters. The summed E-state index contributed by atoms with van der Waals surface area (Å²) in [5.41, 5.74) is 1.55. The standard InChI is InChI=1S/C11H18N2OS/c1-4-5-6-7-13(3)9-8(12-2)10(14)11(9)15/h12H,4-7H2,1-3H3. The normalized spacial score (nSPS) is 10.6. The molecular formula is C11H18N2OS. The highest BCUT2D eigenvalue weighted by Crippen LogP contribution is 2.26. The van der Waals surface area contributed by atoms with Crippen molar-refractivity contribution >= 4 is 23.6 Å². The highest BCUT2D eigenvalue weighted by Gasteiger charge is 2.19. The predicted molar refractivity (Wildman–Crippen MR) is 68.3 cm³/mol. The van der Waals surface area contributed by atoms with Gasteiger partial charge in [0.2, 0.25) is 5.43 Å². The molecule has 0 bridgehead atoms. The second kappa shape index (κ2) is 5.26. The molecule has 0 amide bonds. The molecule has 0 spiro atoms. The number of hydrogen-bond acceptors (Lipinski definition) is 4. The summed E-state index contributed by atoms with van der Waals surface area (Å²) < 4.78 is 0.471. The van der Waals surface area contributed by atoms with Crippen LogP contribution in [0.15, 0.2) is 4.79 Å². The molecule has 15 heavy (non-hydrogen) atoms. The van der Waals surface area contributed by atoms with Crippen LogP contribution >= 0.6 is 12.2 Å². The van der Waals surface area contributed by atoms with Gasteiger partial charge in [-0.05, 0) is 6.42 Å². The largest absolute Gasteiger partial charge is 0.383 e. The van der Waals surface area contributed by atoms with E-state index in [9.17, 15) is 4.79 Å². The quantitative estimate of drug-likeness (QED) is 0.596. The van der Waals surface area contributed by atoms with Gasteiger partial charge in [0, 0.05) is 20.6 Å². The lowest BCUT2D eigenvalue weighted by Gasteiger charge is -2.24. The third-order valence-electron chi connectivity index (χ3n) is 2.61. The molecule has 1 aromatic carbocycles. The van der Waals surface area contributed by atoms with Crippen molar-refractivity contribution in [2.24, 2.45) is 0 Å². The molecule has 1 N–H and O–H groups in total. The summed E-state index contributed by atoms with van der Waals surface area (Å²) in [5, 5.41) is 2.90. The van der Waals surface area contributed by atoms with Gasteiger partial charge in [0.1, 0.15) is 10.2 Å². The van der Waals surface area contributed by atoms with Crippen molar-refractivity contribution in [3.8, 4) is 0 Å². The van der Waals surface area contributed by atoms with Crippen molar-refractivity contribution in [1.82, 2.24) is 0 Å². The van der Waals surface area contributed by atoms with E-state index in [1.807, 2.05) is 7.05 Å². The Balaban J connectivity index is 2.66. The average Bonchev–Trinajstić information content (AvgIpc) is 2.24. The molecule has 0 aliphatic carbocycles. The Kier molecular flexibility index (Phi) is 4.27. The Labute approximate surface area is 95.8 Å². The molecule has 1 aromatic rings. The summed E-state index contributed by atoms with van der Waals surface area (Å²) >= 11 is 5.04. The van der Waals surface area contributed by atoms with E-state index in [0.717, 1.165) is 18.7 Å². The van der Waals surface area contributed by atoms with Crippen LogP contribution < -0.4 is 15.6 Å². The van der Waals surface area contributed by atoms with E-state index in [1.54, 1.807) is 7.05 Å². The van der Waals surface area contributed by atoms with E-state index < -0.39 is 0 Å². The van der Waals surface area contributed by atoms with Crippen molar-refractivity contribution in [2.75, 3.05) is 30.9 Å². The van der Waals surface area contributed by atoms with Crippen molar-refractivity contribution in [1.29, 1.82) is 0 Å².